The molecule has 0 saturated heterocycles. The van der Waals surface area contributed by atoms with E-state index in [1.807, 2.05) is 0 Å². The molecule has 2 aromatic rings. The lowest BCUT2D eigenvalue weighted by atomic mass is 9.98. The molecule has 0 bridgehead atoms. The molecule has 0 atom stereocenters. The molecule has 0 fully saturated rings. The van der Waals surface area contributed by atoms with E-state index in [0.29, 0.717) is 47.1 Å². The van der Waals surface area contributed by atoms with Crippen LogP contribution in [0.15, 0.2) is 36.4 Å². The Kier molecular flexibility index (Phi) is 8.93. The van der Waals surface area contributed by atoms with Crippen LogP contribution in [-0.4, -0.2) is 23.9 Å². The number of methoxy groups -OCH3 is 1. The molecule has 0 aliphatic heterocycles. The predicted octanol–water partition coefficient (Wildman–Crippen LogP) is 5.81. The van der Waals surface area contributed by atoms with E-state index in [4.69, 9.17) is 4.74 Å². The fourth-order valence-corrected chi connectivity index (χ4v) is 3.36. The third-order valence-corrected chi connectivity index (χ3v) is 5.29. The van der Waals surface area contributed by atoms with Crippen LogP contribution in [0, 0.1) is 22.0 Å². The highest BCUT2D eigenvalue weighted by atomic mass is 16.6. The second-order valence-electron chi connectivity index (χ2n) is 8.78. The second kappa shape index (κ2) is 11.4. The Labute approximate surface area is 189 Å². The monoisotopic (exact) mass is 440 g/mol. The fourth-order valence-electron chi connectivity index (χ4n) is 3.36. The summed E-state index contributed by atoms with van der Waals surface area (Å²) in [6, 6.07) is 9.53. The summed E-state index contributed by atoms with van der Waals surface area (Å²) in [4.78, 5) is 35.9. The first-order valence-corrected chi connectivity index (χ1v) is 10.9. The van der Waals surface area contributed by atoms with E-state index in [1.165, 1.54) is 19.2 Å². The summed E-state index contributed by atoms with van der Waals surface area (Å²) in [5.74, 6) is 0.0728. The van der Waals surface area contributed by atoms with Gasteiger partial charge < -0.3 is 10.1 Å². The molecule has 2 aromatic carbocycles. The second-order valence-corrected chi connectivity index (χ2v) is 8.78. The Balaban J connectivity index is 2.33. The summed E-state index contributed by atoms with van der Waals surface area (Å²) in [5.41, 5.74) is 2.83. The number of hydrogen-bond donors (Lipinski definition) is 1. The van der Waals surface area contributed by atoms with Crippen molar-refractivity contribution < 1.29 is 19.2 Å². The van der Waals surface area contributed by atoms with Gasteiger partial charge in [0.1, 0.15) is 0 Å². The van der Waals surface area contributed by atoms with E-state index < -0.39 is 10.9 Å². The van der Waals surface area contributed by atoms with Crippen molar-refractivity contribution in [2.45, 2.75) is 53.4 Å². The number of aryl methyl sites for hydroxylation is 2. The van der Waals surface area contributed by atoms with E-state index in [0.717, 1.165) is 18.4 Å². The van der Waals surface area contributed by atoms with E-state index in [-0.39, 0.29) is 11.6 Å². The van der Waals surface area contributed by atoms with Gasteiger partial charge in [0, 0.05) is 22.9 Å². The first-order chi connectivity index (χ1) is 15.1. The van der Waals surface area contributed by atoms with Crippen molar-refractivity contribution in [1.29, 1.82) is 0 Å². The first-order valence-electron chi connectivity index (χ1n) is 10.9. The molecule has 0 aliphatic carbocycles. The standard InChI is InChI=1S/C25H32N2O5/c1-16(2)6-8-18-14-21(25(29)32-5)10-12-22(18)26-24(28)20-11-13-23(27(30)31)19(15-20)9-7-17(3)4/h10-17H,6-9H2,1-5H3,(H,26,28). The lowest BCUT2D eigenvalue weighted by Crippen LogP contribution is -2.15. The maximum atomic E-state index is 13.0. The van der Waals surface area contributed by atoms with Gasteiger partial charge in [-0.25, -0.2) is 4.79 Å². The molecule has 0 aliphatic rings. The van der Waals surface area contributed by atoms with Crippen LogP contribution < -0.4 is 5.32 Å². The van der Waals surface area contributed by atoms with Gasteiger partial charge in [-0.1, -0.05) is 27.7 Å². The van der Waals surface area contributed by atoms with Crippen molar-refractivity contribution in [1.82, 2.24) is 0 Å². The Bertz CT molecular complexity index is 982. The van der Waals surface area contributed by atoms with Crippen molar-refractivity contribution in [3.8, 4) is 0 Å². The van der Waals surface area contributed by atoms with Crippen molar-refractivity contribution in [2.24, 2.45) is 11.8 Å². The van der Waals surface area contributed by atoms with Crippen LogP contribution in [0.4, 0.5) is 11.4 Å². The molecule has 7 heteroatoms. The number of nitro benzene ring substituents is 1. The van der Waals surface area contributed by atoms with Crippen LogP contribution in [-0.2, 0) is 17.6 Å². The Morgan fingerprint density at radius 2 is 1.50 bits per heavy atom. The van der Waals surface area contributed by atoms with Crippen LogP contribution >= 0.6 is 0 Å². The van der Waals surface area contributed by atoms with E-state index in [9.17, 15) is 19.7 Å². The summed E-state index contributed by atoms with van der Waals surface area (Å²) in [6.07, 6.45) is 2.91. The number of carbonyl (C=O) groups excluding carboxylic acids is 2. The summed E-state index contributed by atoms with van der Waals surface area (Å²) >= 11 is 0. The summed E-state index contributed by atoms with van der Waals surface area (Å²) in [5, 5.41) is 14.3. The minimum atomic E-state index is -0.432. The molecule has 0 spiro atoms. The fraction of sp³-hybridized carbons (Fsp3) is 0.440. The number of amides is 1. The zero-order valence-corrected chi connectivity index (χ0v) is 19.4. The summed E-state index contributed by atoms with van der Waals surface area (Å²) < 4.78 is 4.81. The minimum absolute atomic E-state index is 0.0299. The zero-order valence-electron chi connectivity index (χ0n) is 19.4. The lowest BCUT2D eigenvalue weighted by molar-refractivity contribution is -0.385. The highest BCUT2D eigenvalue weighted by Gasteiger charge is 2.18. The zero-order chi connectivity index (χ0) is 23.8. The van der Waals surface area contributed by atoms with E-state index >= 15 is 0 Å². The number of hydrogen-bond acceptors (Lipinski definition) is 5. The maximum absolute atomic E-state index is 13.0. The number of anilines is 1. The van der Waals surface area contributed by atoms with Crippen molar-refractivity contribution in [2.75, 3.05) is 12.4 Å². The largest absolute Gasteiger partial charge is 0.465 e. The summed E-state index contributed by atoms with van der Waals surface area (Å²) in [6.45, 7) is 8.33. The third kappa shape index (κ3) is 6.90. The number of carbonyl (C=O) groups is 2. The quantitative estimate of drug-likeness (QED) is 0.285. The van der Waals surface area contributed by atoms with Crippen LogP contribution in [0.3, 0.4) is 0 Å². The molecule has 0 saturated carbocycles. The predicted molar refractivity (Wildman–Crippen MR) is 125 cm³/mol. The third-order valence-electron chi connectivity index (χ3n) is 5.29. The average Bonchev–Trinajstić information content (AvgIpc) is 2.75. The van der Waals surface area contributed by atoms with Gasteiger partial charge in [-0.2, -0.15) is 0 Å². The molecular formula is C25H32N2O5. The number of esters is 1. The lowest BCUT2D eigenvalue weighted by Gasteiger charge is -2.14. The van der Waals surface area contributed by atoms with Gasteiger partial charge in [0.15, 0.2) is 0 Å². The van der Waals surface area contributed by atoms with Gasteiger partial charge in [0.05, 0.1) is 17.6 Å². The van der Waals surface area contributed by atoms with Gasteiger partial charge in [-0.05, 0) is 73.4 Å². The van der Waals surface area contributed by atoms with E-state index in [2.05, 4.69) is 33.0 Å². The minimum Gasteiger partial charge on any atom is -0.465 e. The molecule has 32 heavy (non-hydrogen) atoms. The molecule has 1 N–H and O–H groups in total. The van der Waals surface area contributed by atoms with Crippen LogP contribution in [0.5, 0.6) is 0 Å². The molecule has 0 radical (unpaired) electrons. The molecule has 0 aromatic heterocycles. The smallest absolute Gasteiger partial charge is 0.337 e. The molecule has 7 nitrogen and oxygen atoms in total. The van der Waals surface area contributed by atoms with Crippen LogP contribution in [0.25, 0.3) is 0 Å². The Morgan fingerprint density at radius 1 is 0.938 bits per heavy atom. The van der Waals surface area contributed by atoms with Crippen molar-refractivity contribution >= 4 is 23.3 Å². The van der Waals surface area contributed by atoms with E-state index in [1.54, 1.807) is 24.3 Å². The summed E-state index contributed by atoms with van der Waals surface area (Å²) in [7, 11) is 1.33. The first kappa shape index (κ1) is 25.0. The molecule has 0 heterocycles. The molecule has 0 unspecified atom stereocenters. The van der Waals surface area contributed by atoms with Gasteiger partial charge >= 0.3 is 5.97 Å². The van der Waals surface area contributed by atoms with Gasteiger partial charge in [0.2, 0.25) is 0 Å². The SMILES string of the molecule is COC(=O)c1ccc(NC(=O)c2ccc([N+](=O)[O-])c(CCC(C)C)c2)c(CCC(C)C)c1. The number of benzene rings is 2. The van der Waals surface area contributed by atoms with Crippen LogP contribution in [0.1, 0.15) is 72.4 Å². The van der Waals surface area contributed by atoms with Gasteiger partial charge in [-0.15, -0.1) is 0 Å². The topological polar surface area (TPSA) is 98.5 Å². The van der Waals surface area contributed by atoms with Crippen LogP contribution in [0.2, 0.25) is 0 Å². The molecule has 172 valence electrons. The molecular weight excluding hydrogens is 408 g/mol. The van der Waals surface area contributed by atoms with Gasteiger partial charge in [0.25, 0.3) is 11.6 Å². The number of nitrogens with zero attached hydrogens (tertiary/aromatic N) is 1. The maximum Gasteiger partial charge on any atom is 0.337 e. The molecule has 2 rings (SSSR count). The van der Waals surface area contributed by atoms with Gasteiger partial charge in [-0.3, -0.25) is 14.9 Å². The Morgan fingerprint density at radius 3 is 2.06 bits per heavy atom. The highest BCUT2D eigenvalue weighted by molar-refractivity contribution is 6.05. The number of rotatable bonds is 10. The highest BCUT2D eigenvalue weighted by Crippen LogP contribution is 2.25. The molecule has 1 amide bonds. The normalized spacial score (nSPS) is 11.0. The average molecular weight is 441 g/mol. The van der Waals surface area contributed by atoms with Crippen molar-refractivity contribution in [3.63, 3.8) is 0 Å². The number of nitrogens with one attached hydrogen (secondary N) is 1. The number of ether oxygens (including phenoxy) is 1. The Hall–Kier alpha value is -3.22. The van der Waals surface area contributed by atoms with Crippen molar-refractivity contribution in [3.05, 3.63) is 68.8 Å². The number of nitro groups is 1.